The Balaban J connectivity index is -0.00000000446. The molecule has 0 fully saturated rings. The van der Waals surface area contributed by atoms with E-state index in [1.54, 1.807) is 0 Å². The second-order valence-electron chi connectivity index (χ2n) is 1.71. The van der Waals surface area contributed by atoms with Crippen LogP contribution in [-0.2, 0) is 0 Å². The third-order valence-corrected chi connectivity index (χ3v) is 0.957. The largest absolute Gasteiger partial charge is 2.00 e. The first-order valence-corrected chi connectivity index (χ1v) is 2.91. The first kappa shape index (κ1) is 29.4. The third kappa shape index (κ3) is 31.3. The van der Waals surface area contributed by atoms with Gasteiger partial charge in [0.15, 0.2) is 0 Å². The Labute approximate surface area is 124 Å². The summed E-state index contributed by atoms with van der Waals surface area (Å²) in [6.45, 7) is 4.46. The summed E-state index contributed by atoms with van der Waals surface area (Å²) in [6.07, 6.45) is 5.54. The van der Waals surface area contributed by atoms with Gasteiger partial charge >= 0.3 is 46.1 Å². The predicted octanol–water partition coefficient (Wildman–Crippen LogP) is 3.43. The van der Waals surface area contributed by atoms with Gasteiger partial charge in [-0.3, -0.25) is 0 Å². The Kier molecular flexibility index (Phi) is 88.2. The van der Waals surface area contributed by atoms with Crippen molar-refractivity contribution < 1.29 is 5.71 Å². The van der Waals surface area contributed by atoms with Crippen LogP contribution < -0.4 is 0 Å². The molecule has 0 radical (unpaired) electrons. The summed E-state index contributed by atoms with van der Waals surface area (Å²) < 4.78 is 0. The molecule has 0 saturated carbocycles. The fourth-order valence-electron chi connectivity index (χ4n) is 0.500. The van der Waals surface area contributed by atoms with Crippen LogP contribution in [0.1, 0.15) is 45.2 Å². The normalized spacial score (nSPS) is 5.40. The van der Waals surface area contributed by atoms with E-state index >= 15 is 0 Å². The molecule has 0 nitrogen and oxygen atoms in total. The van der Waals surface area contributed by atoms with Gasteiger partial charge in [0.1, 0.15) is 0 Å². The maximum atomic E-state index is 2.23. The van der Waals surface area contributed by atoms with Crippen molar-refractivity contribution in [3.8, 4) is 0 Å². The van der Waals surface area contributed by atoms with Crippen molar-refractivity contribution in [3.63, 3.8) is 0 Å². The number of rotatable bonds is 3. The van der Waals surface area contributed by atoms with E-state index < -0.39 is 0 Å². The SMILES string of the molecule is Br.Br.CCCCCC.[H-].[H-].[H-].[H-].[Mg+2].[Mg+2]. The Morgan fingerprint density at radius 3 is 1.10 bits per heavy atom. The first-order chi connectivity index (χ1) is 2.91. The molecule has 0 heterocycles. The average molecular weight is 301 g/mol. The van der Waals surface area contributed by atoms with E-state index in [1.165, 1.54) is 25.7 Å². The van der Waals surface area contributed by atoms with E-state index in [4.69, 9.17) is 0 Å². The van der Waals surface area contributed by atoms with Crippen molar-refractivity contribution in [1.29, 1.82) is 0 Å². The summed E-state index contributed by atoms with van der Waals surface area (Å²) in [7, 11) is 0. The third-order valence-electron chi connectivity index (χ3n) is 0.957. The van der Waals surface area contributed by atoms with E-state index in [0.29, 0.717) is 0 Å². The molecule has 0 aliphatic rings. The van der Waals surface area contributed by atoms with E-state index in [0.717, 1.165) is 0 Å². The fourth-order valence-corrected chi connectivity index (χ4v) is 0.500. The minimum Gasteiger partial charge on any atom is -1.00 e. The summed E-state index contributed by atoms with van der Waals surface area (Å²) in [5.41, 5.74) is 0. The number of halogens is 2. The quantitative estimate of drug-likeness (QED) is 0.553. The molecular formula is C6H20Br2Mg2. The van der Waals surface area contributed by atoms with Gasteiger partial charge in [-0.1, -0.05) is 39.5 Å². The molecule has 0 atom stereocenters. The van der Waals surface area contributed by atoms with Gasteiger partial charge in [-0.25, -0.2) is 0 Å². The number of hydrogen-bond donors (Lipinski definition) is 0. The molecule has 0 N–H and O–H groups in total. The minimum absolute atomic E-state index is 0. The Morgan fingerprint density at radius 2 is 1.00 bits per heavy atom. The van der Waals surface area contributed by atoms with Crippen LogP contribution in [0.4, 0.5) is 0 Å². The van der Waals surface area contributed by atoms with Crippen LogP contribution in [-0.4, -0.2) is 46.1 Å². The first-order valence-electron chi connectivity index (χ1n) is 2.91. The minimum atomic E-state index is 0. The molecule has 0 spiro atoms. The van der Waals surface area contributed by atoms with Crippen LogP contribution in [0.3, 0.4) is 0 Å². The summed E-state index contributed by atoms with van der Waals surface area (Å²) >= 11 is 0. The van der Waals surface area contributed by atoms with Gasteiger partial charge in [0.05, 0.1) is 0 Å². The second kappa shape index (κ2) is 30.0. The van der Waals surface area contributed by atoms with Crippen molar-refractivity contribution >= 4 is 80.1 Å². The zero-order valence-corrected chi connectivity index (χ0v) is 13.3. The van der Waals surface area contributed by atoms with Gasteiger partial charge in [-0.15, -0.1) is 34.0 Å². The van der Waals surface area contributed by atoms with Gasteiger partial charge in [0.25, 0.3) is 0 Å². The molecule has 10 heavy (non-hydrogen) atoms. The van der Waals surface area contributed by atoms with Crippen molar-refractivity contribution in [2.75, 3.05) is 0 Å². The maximum Gasteiger partial charge on any atom is 2.00 e. The Morgan fingerprint density at radius 1 is 0.800 bits per heavy atom. The molecule has 0 aromatic heterocycles. The topological polar surface area (TPSA) is 0 Å². The average Bonchev–Trinajstić information content (AvgIpc) is 1.61. The van der Waals surface area contributed by atoms with Crippen LogP contribution >= 0.6 is 34.0 Å². The Bertz CT molecular complexity index is 37.8. The molecule has 0 aliphatic carbocycles. The summed E-state index contributed by atoms with van der Waals surface area (Å²) in [4.78, 5) is 0. The smallest absolute Gasteiger partial charge is 1.00 e. The van der Waals surface area contributed by atoms with E-state index in [2.05, 4.69) is 13.8 Å². The van der Waals surface area contributed by atoms with Crippen molar-refractivity contribution in [3.05, 3.63) is 0 Å². The van der Waals surface area contributed by atoms with Crippen LogP contribution in [0.25, 0.3) is 0 Å². The second-order valence-corrected chi connectivity index (χ2v) is 1.71. The number of hydrogen-bond acceptors (Lipinski definition) is 0. The molecule has 0 unspecified atom stereocenters. The fraction of sp³-hybridized carbons (Fsp3) is 1.00. The molecule has 0 aromatic carbocycles. The number of unbranched alkanes of at least 4 members (excludes halogenated alkanes) is 3. The van der Waals surface area contributed by atoms with Crippen LogP contribution in [0.5, 0.6) is 0 Å². The maximum absolute atomic E-state index is 2.23. The molecule has 0 rings (SSSR count). The van der Waals surface area contributed by atoms with E-state index in [9.17, 15) is 0 Å². The van der Waals surface area contributed by atoms with Crippen LogP contribution in [0.2, 0.25) is 0 Å². The van der Waals surface area contributed by atoms with Gasteiger partial charge in [-0.05, 0) is 0 Å². The van der Waals surface area contributed by atoms with Gasteiger partial charge in [-0.2, -0.15) is 0 Å². The van der Waals surface area contributed by atoms with Gasteiger partial charge < -0.3 is 5.71 Å². The molecule has 0 aromatic rings. The van der Waals surface area contributed by atoms with Crippen molar-refractivity contribution in [2.24, 2.45) is 0 Å². The van der Waals surface area contributed by atoms with E-state index in [-0.39, 0.29) is 85.8 Å². The zero-order chi connectivity index (χ0) is 4.83. The molecule has 62 valence electrons. The van der Waals surface area contributed by atoms with E-state index in [1.807, 2.05) is 0 Å². The van der Waals surface area contributed by atoms with Gasteiger partial charge in [0, 0.05) is 0 Å². The van der Waals surface area contributed by atoms with Crippen molar-refractivity contribution in [1.82, 2.24) is 0 Å². The molecular weight excluding hydrogens is 280 g/mol. The van der Waals surface area contributed by atoms with Gasteiger partial charge in [0.2, 0.25) is 0 Å². The molecule has 0 saturated heterocycles. The molecule has 0 bridgehead atoms. The monoisotopic (exact) mass is 298 g/mol. The standard InChI is InChI=1S/C6H14.2BrH.2Mg.4H/c1-3-5-6-4-2;;;;;;;;/h3-6H2,1-2H3;2*1H;;;;;;/q;;;2*+2;4*-1. The summed E-state index contributed by atoms with van der Waals surface area (Å²) in [5, 5.41) is 0. The summed E-state index contributed by atoms with van der Waals surface area (Å²) in [6, 6.07) is 0. The molecule has 0 aliphatic heterocycles. The van der Waals surface area contributed by atoms with Crippen LogP contribution in [0.15, 0.2) is 0 Å². The molecule has 0 amide bonds. The Hall–Kier alpha value is 2.49. The molecule has 4 heteroatoms. The van der Waals surface area contributed by atoms with Crippen molar-refractivity contribution in [2.45, 2.75) is 39.5 Å². The van der Waals surface area contributed by atoms with Crippen LogP contribution in [0, 0.1) is 0 Å². The predicted molar refractivity (Wildman–Crippen MR) is 66.4 cm³/mol. The zero-order valence-electron chi connectivity index (χ0n) is 11.1. The summed E-state index contributed by atoms with van der Waals surface area (Å²) in [5.74, 6) is 0.